The Morgan fingerprint density at radius 3 is 2.11 bits per heavy atom. The summed E-state index contributed by atoms with van der Waals surface area (Å²) in [5.74, 6) is 1.18. The molecule has 0 aliphatic rings. The van der Waals surface area contributed by atoms with Gasteiger partial charge in [0.05, 0.1) is 42.4 Å². The van der Waals surface area contributed by atoms with Gasteiger partial charge in [-0.1, -0.05) is 30.7 Å². The number of amides is 1. The molecule has 1 N–H and O–H groups in total. The van der Waals surface area contributed by atoms with Crippen molar-refractivity contribution < 1.29 is 27.4 Å². The number of nitrogens with one attached hydrogen (secondary N) is 1. The Labute approximate surface area is 226 Å². The Balaban J connectivity index is 1.93. The van der Waals surface area contributed by atoms with Gasteiger partial charge in [-0.2, -0.15) is 0 Å². The quantitative estimate of drug-likeness (QED) is 0.328. The summed E-state index contributed by atoms with van der Waals surface area (Å²) in [5.41, 5.74) is 2.17. The second kappa shape index (κ2) is 12.3. The maximum atomic E-state index is 13.7. The van der Waals surface area contributed by atoms with E-state index < -0.39 is 22.5 Å². The summed E-state index contributed by atoms with van der Waals surface area (Å²) in [6.45, 7) is 3.44. The summed E-state index contributed by atoms with van der Waals surface area (Å²) in [6, 6.07) is 16.5. The zero-order valence-corrected chi connectivity index (χ0v) is 23.9. The normalized spacial score (nSPS) is 11.9. The predicted molar refractivity (Wildman–Crippen MR) is 147 cm³/mol. The molecule has 37 heavy (non-hydrogen) atoms. The number of sulfonamides is 1. The minimum absolute atomic E-state index is 0.0282. The van der Waals surface area contributed by atoms with Gasteiger partial charge in [-0.25, -0.2) is 8.42 Å². The number of hydrogen-bond donors (Lipinski definition) is 1. The molecule has 3 aromatic rings. The lowest BCUT2D eigenvalue weighted by Gasteiger charge is -2.26. The monoisotopic (exact) mass is 590 g/mol. The summed E-state index contributed by atoms with van der Waals surface area (Å²) in [6.07, 6.45) is 0.587. The summed E-state index contributed by atoms with van der Waals surface area (Å²) in [4.78, 5) is 13.3. The van der Waals surface area contributed by atoms with E-state index >= 15 is 0 Å². The molecule has 0 radical (unpaired) electrons. The van der Waals surface area contributed by atoms with E-state index in [0.717, 1.165) is 15.4 Å². The first-order valence-corrected chi connectivity index (χ1v) is 13.8. The van der Waals surface area contributed by atoms with Crippen molar-refractivity contribution in [3.05, 3.63) is 76.3 Å². The van der Waals surface area contributed by atoms with Gasteiger partial charge in [-0.15, -0.1) is 0 Å². The summed E-state index contributed by atoms with van der Waals surface area (Å²) < 4.78 is 45.0. The molecule has 0 aromatic heterocycles. The number of ether oxygens (including phenoxy) is 3. The third-order valence-electron chi connectivity index (χ3n) is 5.87. The molecule has 198 valence electrons. The molecule has 0 heterocycles. The average molecular weight is 592 g/mol. The number of hydrogen-bond acceptors (Lipinski definition) is 6. The zero-order chi connectivity index (χ0) is 27.2. The summed E-state index contributed by atoms with van der Waals surface area (Å²) in [5, 5.41) is 2.97. The minimum Gasteiger partial charge on any atom is -0.496 e. The largest absolute Gasteiger partial charge is 0.496 e. The van der Waals surface area contributed by atoms with Crippen LogP contribution in [-0.2, 0) is 14.8 Å². The van der Waals surface area contributed by atoms with Crippen LogP contribution in [0.3, 0.4) is 0 Å². The van der Waals surface area contributed by atoms with Crippen molar-refractivity contribution >= 4 is 37.5 Å². The molecule has 0 fully saturated rings. The van der Waals surface area contributed by atoms with E-state index in [0.29, 0.717) is 33.8 Å². The van der Waals surface area contributed by atoms with E-state index in [4.69, 9.17) is 14.2 Å². The Hall–Kier alpha value is -3.24. The Bertz CT molecular complexity index is 1350. The highest BCUT2D eigenvalue weighted by Gasteiger charge is 2.29. The Kier molecular flexibility index (Phi) is 9.45. The van der Waals surface area contributed by atoms with Gasteiger partial charge < -0.3 is 19.5 Å². The van der Waals surface area contributed by atoms with Crippen LogP contribution in [0.1, 0.15) is 30.5 Å². The maximum absolute atomic E-state index is 13.7. The van der Waals surface area contributed by atoms with E-state index in [2.05, 4.69) is 21.2 Å². The van der Waals surface area contributed by atoms with Crippen LogP contribution in [0.2, 0.25) is 0 Å². The topological polar surface area (TPSA) is 94.2 Å². The number of rotatable bonds is 11. The number of carbonyl (C=O) groups is 1. The molecule has 0 aliphatic heterocycles. The van der Waals surface area contributed by atoms with Crippen molar-refractivity contribution in [2.24, 2.45) is 0 Å². The van der Waals surface area contributed by atoms with Gasteiger partial charge in [-0.05, 0) is 77.3 Å². The Morgan fingerprint density at radius 1 is 0.919 bits per heavy atom. The molecule has 0 saturated carbocycles. The third-order valence-corrected chi connectivity index (χ3v) is 8.26. The number of methoxy groups -OCH3 is 3. The van der Waals surface area contributed by atoms with Crippen molar-refractivity contribution in [2.75, 3.05) is 32.2 Å². The lowest BCUT2D eigenvalue weighted by Crippen LogP contribution is -2.42. The molecule has 0 bridgehead atoms. The second-order valence-electron chi connectivity index (χ2n) is 8.29. The molecule has 1 amide bonds. The SMILES string of the molecule is CCC(NC(=O)CN(c1ccc(C)cc1)S(=O)(=O)c1ccc(OC)c(Br)c1)c1ccc(OC)c(OC)c1. The van der Waals surface area contributed by atoms with Crippen molar-refractivity contribution in [2.45, 2.75) is 31.2 Å². The lowest BCUT2D eigenvalue weighted by atomic mass is 10.0. The molecule has 8 nitrogen and oxygen atoms in total. The first kappa shape index (κ1) is 28.3. The fraction of sp³-hybridized carbons (Fsp3) is 0.296. The van der Waals surface area contributed by atoms with Gasteiger partial charge >= 0.3 is 0 Å². The molecule has 3 rings (SSSR count). The molecule has 0 aliphatic carbocycles. The van der Waals surface area contributed by atoms with Crippen LogP contribution in [-0.4, -0.2) is 42.2 Å². The molecule has 0 saturated heterocycles. The fourth-order valence-electron chi connectivity index (χ4n) is 3.82. The standard InChI is InChI=1S/C27H31BrN2O6S/c1-6-23(19-9-13-25(35-4)26(15-19)36-5)29-27(31)17-30(20-10-7-18(2)8-11-20)37(32,33)21-12-14-24(34-3)22(28)16-21/h7-16,23H,6,17H2,1-5H3,(H,29,31). The first-order valence-electron chi connectivity index (χ1n) is 11.6. The van der Waals surface area contributed by atoms with Gasteiger partial charge in [-0.3, -0.25) is 9.10 Å². The third kappa shape index (κ3) is 6.56. The van der Waals surface area contributed by atoms with Crippen LogP contribution in [0.4, 0.5) is 5.69 Å². The molecule has 0 spiro atoms. The molecule has 1 unspecified atom stereocenters. The number of carbonyl (C=O) groups excluding carboxylic acids is 1. The van der Waals surface area contributed by atoms with E-state index in [-0.39, 0.29) is 10.9 Å². The second-order valence-corrected chi connectivity index (χ2v) is 11.0. The van der Waals surface area contributed by atoms with E-state index in [1.807, 2.05) is 19.9 Å². The number of aryl methyl sites for hydroxylation is 1. The lowest BCUT2D eigenvalue weighted by molar-refractivity contribution is -0.120. The maximum Gasteiger partial charge on any atom is 0.264 e. The smallest absolute Gasteiger partial charge is 0.264 e. The first-order chi connectivity index (χ1) is 17.6. The van der Waals surface area contributed by atoms with Crippen molar-refractivity contribution in [1.82, 2.24) is 5.32 Å². The summed E-state index contributed by atoms with van der Waals surface area (Å²) >= 11 is 3.35. The van der Waals surface area contributed by atoms with Gasteiger partial charge in [0, 0.05) is 0 Å². The highest BCUT2D eigenvalue weighted by molar-refractivity contribution is 9.10. The average Bonchev–Trinajstić information content (AvgIpc) is 2.90. The molecule has 3 aromatic carbocycles. The van der Waals surface area contributed by atoms with E-state index in [1.54, 1.807) is 56.7 Å². The van der Waals surface area contributed by atoms with Crippen LogP contribution in [0.5, 0.6) is 17.2 Å². The molecule has 1 atom stereocenters. The Morgan fingerprint density at radius 2 is 1.54 bits per heavy atom. The predicted octanol–water partition coefficient (Wildman–Crippen LogP) is 5.25. The number of halogens is 1. The minimum atomic E-state index is -4.09. The van der Waals surface area contributed by atoms with Crippen molar-refractivity contribution in [3.63, 3.8) is 0 Å². The van der Waals surface area contributed by atoms with Gasteiger partial charge in [0.25, 0.3) is 10.0 Å². The van der Waals surface area contributed by atoms with E-state index in [1.165, 1.54) is 19.2 Å². The van der Waals surface area contributed by atoms with Crippen molar-refractivity contribution in [1.29, 1.82) is 0 Å². The number of benzene rings is 3. The van der Waals surface area contributed by atoms with Crippen LogP contribution in [0, 0.1) is 6.92 Å². The highest BCUT2D eigenvalue weighted by Crippen LogP contribution is 2.32. The van der Waals surface area contributed by atoms with Crippen LogP contribution >= 0.6 is 15.9 Å². The fourth-order valence-corrected chi connectivity index (χ4v) is 5.96. The summed E-state index contributed by atoms with van der Waals surface area (Å²) in [7, 11) is 0.512. The number of anilines is 1. The van der Waals surface area contributed by atoms with Gasteiger partial charge in [0.2, 0.25) is 5.91 Å². The van der Waals surface area contributed by atoms with Crippen molar-refractivity contribution in [3.8, 4) is 17.2 Å². The van der Waals surface area contributed by atoms with Crippen LogP contribution in [0.15, 0.2) is 70.0 Å². The molecule has 10 heteroatoms. The molecular weight excluding hydrogens is 560 g/mol. The van der Waals surface area contributed by atoms with Crippen LogP contribution < -0.4 is 23.8 Å². The zero-order valence-electron chi connectivity index (χ0n) is 21.4. The van der Waals surface area contributed by atoms with Gasteiger partial charge in [0.15, 0.2) is 11.5 Å². The van der Waals surface area contributed by atoms with E-state index in [9.17, 15) is 13.2 Å². The number of nitrogens with zero attached hydrogens (tertiary/aromatic N) is 1. The molecular formula is C27H31BrN2O6S. The highest BCUT2D eigenvalue weighted by atomic mass is 79.9. The van der Waals surface area contributed by atoms with Gasteiger partial charge in [0.1, 0.15) is 12.3 Å². The van der Waals surface area contributed by atoms with Crippen LogP contribution in [0.25, 0.3) is 0 Å².